The van der Waals surface area contributed by atoms with Crippen LogP contribution in [-0.2, 0) is 0 Å². The zero-order chi connectivity index (χ0) is 14.7. The minimum atomic E-state index is -0.463. The van der Waals surface area contributed by atoms with Crippen LogP contribution >= 0.6 is 38.5 Å². The molecule has 0 saturated heterocycles. The van der Waals surface area contributed by atoms with Crippen LogP contribution in [0.15, 0.2) is 40.9 Å². The Morgan fingerprint density at radius 2 is 1.80 bits per heavy atom. The Bertz CT molecular complexity index is 602. The summed E-state index contributed by atoms with van der Waals surface area (Å²) in [5, 5.41) is 3.20. The molecule has 0 aliphatic carbocycles. The van der Waals surface area contributed by atoms with E-state index in [9.17, 15) is 8.78 Å². The average molecular weight is 452 g/mol. The van der Waals surface area contributed by atoms with Gasteiger partial charge in [0.05, 0.1) is 10.5 Å². The highest BCUT2D eigenvalue weighted by atomic mass is 127. The summed E-state index contributed by atoms with van der Waals surface area (Å²) in [6.07, 6.45) is 0. The van der Waals surface area contributed by atoms with E-state index in [1.165, 1.54) is 12.1 Å². The van der Waals surface area contributed by atoms with Gasteiger partial charge in [0, 0.05) is 9.13 Å². The molecule has 2 rings (SSSR count). The molecule has 1 atom stereocenters. The van der Waals surface area contributed by atoms with Crippen molar-refractivity contribution < 1.29 is 8.78 Å². The first kappa shape index (κ1) is 15.9. The fourth-order valence-electron chi connectivity index (χ4n) is 2.03. The van der Waals surface area contributed by atoms with E-state index >= 15 is 0 Å². The van der Waals surface area contributed by atoms with Gasteiger partial charge in [0.15, 0.2) is 0 Å². The summed E-state index contributed by atoms with van der Waals surface area (Å²) in [4.78, 5) is 0. The Kier molecular flexibility index (Phi) is 5.51. The predicted octanol–water partition coefficient (Wildman–Crippen LogP) is 5.03. The van der Waals surface area contributed by atoms with Gasteiger partial charge >= 0.3 is 0 Å². The topological polar surface area (TPSA) is 12.0 Å². The molecule has 106 valence electrons. The van der Waals surface area contributed by atoms with Crippen LogP contribution in [0.5, 0.6) is 0 Å². The molecule has 0 aliphatic heterocycles. The molecule has 1 nitrogen and oxygen atoms in total. The van der Waals surface area contributed by atoms with Gasteiger partial charge in [-0.25, -0.2) is 8.78 Å². The van der Waals surface area contributed by atoms with Crippen LogP contribution < -0.4 is 5.32 Å². The van der Waals surface area contributed by atoms with Gasteiger partial charge in [-0.2, -0.15) is 0 Å². The normalized spacial score (nSPS) is 12.4. The molecular weight excluding hydrogens is 439 g/mol. The third-order valence-corrected chi connectivity index (χ3v) is 4.29. The lowest BCUT2D eigenvalue weighted by atomic mass is 9.98. The third kappa shape index (κ3) is 3.56. The van der Waals surface area contributed by atoms with Gasteiger partial charge in [-0.15, -0.1) is 0 Å². The second-order valence-corrected chi connectivity index (χ2v) is 6.43. The Labute approximate surface area is 139 Å². The van der Waals surface area contributed by atoms with E-state index < -0.39 is 11.6 Å². The van der Waals surface area contributed by atoms with E-state index in [1.807, 2.05) is 31.2 Å². The Hall–Kier alpha value is -0.530. The molecule has 0 fully saturated rings. The Morgan fingerprint density at radius 3 is 2.40 bits per heavy atom. The van der Waals surface area contributed by atoms with Crippen LogP contribution in [0.25, 0.3) is 0 Å². The van der Waals surface area contributed by atoms with Crippen molar-refractivity contribution in [2.24, 2.45) is 0 Å². The highest BCUT2D eigenvalue weighted by molar-refractivity contribution is 14.1. The lowest BCUT2D eigenvalue weighted by Gasteiger charge is -2.20. The van der Waals surface area contributed by atoms with E-state index in [0.717, 1.165) is 9.13 Å². The molecule has 0 bridgehead atoms. The summed E-state index contributed by atoms with van der Waals surface area (Å²) in [5.41, 5.74) is 1.22. The molecule has 2 aromatic carbocycles. The van der Waals surface area contributed by atoms with Gasteiger partial charge in [-0.3, -0.25) is 0 Å². The first-order valence-corrected chi connectivity index (χ1v) is 8.03. The third-order valence-electron chi connectivity index (χ3n) is 2.96. The van der Waals surface area contributed by atoms with Crippen molar-refractivity contribution in [2.45, 2.75) is 13.0 Å². The van der Waals surface area contributed by atoms with E-state index in [2.05, 4.69) is 43.8 Å². The summed E-state index contributed by atoms with van der Waals surface area (Å²) in [6.45, 7) is 2.60. The lowest BCUT2D eigenvalue weighted by molar-refractivity contribution is 0.542. The minimum Gasteiger partial charge on any atom is -0.306 e. The molecule has 0 aliphatic rings. The average Bonchev–Trinajstić information content (AvgIpc) is 2.42. The smallest absolute Gasteiger partial charge is 0.137 e. The van der Waals surface area contributed by atoms with Gasteiger partial charge < -0.3 is 5.32 Å². The summed E-state index contributed by atoms with van der Waals surface area (Å²) >= 11 is 5.21. The second-order valence-electron chi connectivity index (χ2n) is 4.33. The first-order chi connectivity index (χ1) is 9.52. The van der Waals surface area contributed by atoms with Crippen molar-refractivity contribution in [3.63, 3.8) is 0 Å². The predicted molar refractivity (Wildman–Crippen MR) is 88.7 cm³/mol. The summed E-state index contributed by atoms with van der Waals surface area (Å²) in [5.74, 6) is -0.891. The maximum Gasteiger partial charge on any atom is 0.137 e. The van der Waals surface area contributed by atoms with Crippen molar-refractivity contribution in [2.75, 3.05) is 6.54 Å². The van der Waals surface area contributed by atoms with Crippen LogP contribution in [0.3, 0.4) is 0 Å². The number of hydrogen-bond acceptors (Lipinski definition) is 1. The monoisotopic (exact) mass is 451 g/mol. The molecule has 2 aromatic rings. The minimum absolute atomic E-state index is 0.136. The molecule has 0 radical (unpaired) electrons. The molecular formula is C15H13BrF2IN. The van der Waals surface area contributed by atoms with Crippen LogP contribution in [-0.4, -0.2) is 6.54 Å². The standard InChI is InChI=1S/C15H13BrF2IN/c1-2-20-15(9-3-5-10(19)6-4-9)11-7-14(18)12(16)8-13(11)17/h3-8,15,20H,2H2,1H3. The van der Waals surface area contributed by atoms with Crippen molar-refractivity contribution in [1.82, 2.24) is 5.32 Å². The number of halogens is 4. The molecule has 0 saturated carbocycles. The van der Waals surface area contributed by atoms with Gasteiger partial charge in [0.1, 0.15) is 11.6 Å². The molecule has 0 spiro atoms. The molecule has 0 amide bonds. The highest BCUT2D eigenvalue weighted by Gasteiger charge is 2.19. The molecule has 20 heavy (non-hydrogen) atoms. The van der Waals surface area contributed by atoms with Crippen LogP contribution in [0.4, 0.5) is 8.78 Å². The Balaban J connectivity index is 2.48. The molecule has 1 unspecified atom stereocenters. The van der Waals surface area contributed by atoms with E-state index in [0.29, 0.717) is 12.1 Å². The number of hydrogen-bond donors (Lipinski definition) is 1. The van der Waals surface area contributed by atoms with Gasteiger partial charge in [-0.1, -0.05) is 19.1 Å². The summed E-state index contributed by atoms with van der Waals surface area (Å²) in [7, 11) is 0. The van der Waals surface area contributed by atoms with Gasteiger partial charge in [0.2, 0.25) is 0 Å². The number of rotatable bonds is 4. The largest absolute Gasteiger partial charge is 0.306 e. The van der Waals surface area contributed by atoms with Crippen molar-refractivity contribution in [3.05, 3.63) is 67.2 Å². The molecule has 0 heterocycles. The first-order valence-electron chi connectivity index (χ1n) is 6.16. The Morgan fingerprint density at radius 1 is 1.15 bits per heavy atom. The highest BCUT2D eigenvalue weighted by Crippen LogP contribution is 2.28. The fourth-order valence-corrected chi connectivity index (χ4v) is 2.70. The molecule has 1 N–H and O–H groups in total. The molecule has 0 aromatic heterocycles. The van der Waals surface area contributed by atoms with Gasteiger partial charge in [0.25, 0.3) is 0 Å². The number of nitrogens with one attached hydrogen (secondary N) is 1. The van der Waals surface area contributed by atoms with Crippen LogP contribution in [0, 0.1) is 15.2 Å². The zero-order valence-electron chi connectivity index (χ0n) is 10.8. The van der Waals surface area contributed by atoms with Crippen molar-refractivity contribution in [1.29, 1.82) is 0 Å². The van der Waals surface area contributed by atoms with E-state index in [1.54, 1.807) is 0 Å². The number of benzene rings is 2. The SMILES string of the molecule is CCNC(c1ccc(I)cc1)c1cc(F)c(Br)cc1F. The quantitative estimate of drug-likeness (QED) is 0.507. The fraction of sp³-hybridized carbons (Fsp3) is 0.200. The van der Waals surface area contributed by atoms with Crippen LogP contribution in [0.2, 0.25) is 0 Å². The maximum atomic E-state index is 14.1. The summed E-state index contributed by atoms with van der Waals surface area (Å²) < 4.78 is 29.1. The maximum absolute atomic E-state index is 14.1. The van der Waals surface area contributed by atoms with Crippen LogP contribution in [0.1, 0.15) is 24.1 Å². The summed E-state index contributed by atoms with van der Waals surface area (Å²) in [6, 6.07) is 9.80. The molecule has 5 heteroatoms. The van der Waals surface area contributed by atoms with E-state index in [4.69, 9.17) is 0 Å². The van der Waals surface area contributed by atoms with Gasteiger partial charge in [-0.05, 0) is 74.9 Å². The van der Waals surface area contributed by atoms with Crippen molar-refractivity contribution in [3.8, 4) is 0 Å². The van der Waals surface area contributed by atoms with Crippen molar-refractivity contribution >= 4 is 38.5 Å². The zero-order valence-corrected chi connectivity index (χ0v) is 14.5. The lowest BCUT2D eigenvalue weighted by Crippen LogP contribution is -2.23. The second kappa shape index (κ2) is 6.95. The van der Waals surface area contributed by atoms with E-state index in [-0.39, 0.29) is 10.5 Å².